The second-order valence-corrected chi connectivity index (χ2v) is 7.58. The van der Waals surface area contributed by atoms with Crippen molar-refractivity contribution in [1.82, 2.24) is 10.2 Å². The first-order chi connectivity index (χ1) is 14.5. The molecule has 0 bridgehead atoms. The van der Waals surface area contributed by atoms with Gasteiger partial charge < -0.3 is 25.0 Å². The van der Waals surface area contributed by atoms with Gasteiger partial charge in [-0.3, -0.25) is 14.5 Å². The van der Waals surface area contributed by atoms with Crippen LogP contribution in [0.5, 0.6) is 0 Å². The van der Waals surface area contributed by atoms with E-state index >= 15 is 0 Å². The summed E-state index contributed by atoms with van der Waals surface area (Å²) in [4.78, 5) is 41.2. The second-order valence-electron chi connectivity index (χ2n) is 7.58. The Balaban J connectivity index is 1.64. The van der Waals surface area contributed by atoms with Gasteiger partial charge in [-0.1, -0.05) is 0 Å². The molecule has 0 aromatic heterocycles. The van der Waals surface area contributed by atoms with Gasteiger partial charge in [-0.25, -0.2) is 4.79 Å². The Morgan fingerprint density at radius 1 is 1.10 bits per heavy atom. The maximum Gasteiger partial charge on any atom is 0.337 e. The number of esters is 1. The summed E-state index contributed by atoms with van der Waals surface area (Å²) in [5.74, 6) is -1.96. The Hall–Kier alpha value is -2.65. The molecule has 30 heavy (non-hydrogen) atoms. The molecule has 1 aromatic carbocycles. The summed E-state index contributed by atoms with van der Waals surface area (Å²) in [6.45, 7) is 7.07. The standard InChI is InChI=1S/C21H30N4O5/c1-15(24-9-11-30-12-10-24)14-22-19(26)20(27)23-17-13-16(21(28)29-2)5-6-18(17)25-7-3-4-8-25/h5-6,13,15H,3-4,7-12,14H2,1-2H3,(H,22,26)(H,23,27)/t15-/m0/s1. The first-order valence-electron chi connectivity index (χ1n) is 10.4. The lowest BCUT2D eigenvalue weighted by Crippen LogP contribution is -2.48. The summed E-state index contributed by atoms with van der Waals surface area (Å²) >= 11 is 0. The van der Waals surface area contributed by atoms with Crippen LogP contribution >= 0.6 is 0 Å². The topological polar surface area (TPSA) is 100 Å². The SMILES string of the molecule is COC(=O)c1ccc(N2CCCC2)c(NC(=O)C(=O)NC[C@H](C)N2CCOCC2)c1. The zero-order valence-electron chi connectivity index (χ0n) is 17.6. The highest BCUT2D eigenvalue weighted by atomic mass is 16.5. The number of carbonyl (C=O) groups excluding carboxylic acids is 3. The van der Waals surface area contributed by atoms with Gasteiger partial charge in [0.05, 0.1) is 37.3 Å². The van der Waals surface area contributed by atoms with Crippen LogP contribution in [-0.4, -0.2) is 81.8 Å². The molecule has 164 valence electrons. The lowest BCUT2D eigenvalue weighted by Gasteiger charge is -2.32. The Morgan fingerprint density at radius 3 is 2.47 bits per heavy atom. The summed E-state index contributed by atoms with van der Waals surface area (Å²) in [5.41, 5.74) is 1.54. The highest BCUT2D eigenvalue weighted by Gasteiger charge is 2.23. The first kappa shape index (κ1) is 22.0. The van der Waals surface area contributed by atoms with E-state index in [4.69, 9.17) is 9.47 Å². The van der Waals surface area contributed by atoms with Crippen molar-refractivity contribution >= 4 is 29.2 Å². The van der Waals surface area contributed by atoms with Crippen molar-refractivity contribution in [2.24, 2.45) is 0 Å². The predicted molar refractivity (Wildman–Crippen MR) is 113 cm³/mol. The van der Waals surface area contributed by atoms with Gasteiger partial charge in [0.2, 0.25) is 0 Å². The molecule has 1 aromatic rings. The van der Waals surface area contributed by atoms with Gasteiger partial charge in [-0.15, -0.1) is 0 Å². The maximum absolute atomic E-state index is 12.5. The number of anilines is 2. The monoisotopic (exact) mass is 418 g/mol. The van der Waals surface area contributed by atoms with E-state index in [1.165, 1.54) is 7.11 Å². The van der Waals surface area contributed by atoms with Crippen LogP contribution in [0.15, 0.2) is 18.2 Å². The lowest BCUT2D eigenvalue weighted by molar-refractivity contribution is -0.136. The molecular formula is C21H30N4O5. The zero-order valence-corrected chi connectivity index (χ0v) is 17.6. The Bertz CT molecular complexity index is 773. The number of morpholine rings is 1. The van der Waals surface area contributed by atoms with E-state index in [0.29, 0.717) is 31.0 Å². The van der Waals surface area contributed by atoms with Gasteiger partial charge >= 0.3 is 17.8 Å². The molecule has 0 saturated carbocycles. The largest absolute Gasteiger partial charge is 0.465 e. The number of ether oxygens (including phenoxy) is 2. The molecule has 9 nitrogen and oxygen atoms in total. The Morgan fingerprint density at radius 2 is 1.80 bits per heavy atom. The molecule has 0 unspecified atom stereocenters. The number of hydrogen-bond donors (Lipinski definition) is 2. The molecule has 2 aliphatic heterocycles. The van der Waals surface area contributed by atoms with E-state index < -0.39 is 17.8 Å². The third-order valence-corrected chi connectivity index (χ3v) is 5.55. The van der Waals surface area contributed by atoms with Gasteiger partial charge in [-0.05, 0) is 38.0 Å². The number of hydrogen-bond acceptors (Lipinski definition) is 7. The molecule has 2 aliphatic rings. The van der Waals surface area contributed by atoms with Gasteiger partial charge in [-0.2, -0.15) is 0 Å². The van der Waals surface area contributed by atoms with E-state index in [0.717, 1.165) is 44.7 Å². The summed E-state index contributed by atoms with van der Waals surface area (Å²) in [6.07, 6.45) is 2.12. The fraction of sp³-hybridized carbons (Fsp3) is 0.571. The molecule has 1 atom stereocenters. The second kappa shape index (κ2) is 10.4. The van der Waals surface area contributed by atoms with Crippen LogP contribution in [0.25, 0.3) is 0 Å². The molecule has 0 spiro atoms. The third kappa shape index (κ3) is 5.48. The number of benzene rings is 1. The number of nitrogens with one attached hydrogen (secondary N) is 2. The fourth-order valence-corrected chi connectivity index (χ4v) is 3.76. The molecule has 2 N–H and O–H groups in total. The molecule has 0 radical (unpaired) electrons. The number of amides is 2. The lowest BCUT2D eigenvalue weighted by atomic mass is 10.1. The Kier molecular flexibility index (Phi) is 7.64. The van der Waals surface area contributed by atoms with Crippen molar-refractivity contribution in [1.29, 1.82) is 0 Å². The van der Waals surface area contributed by atoms with Crippen LogP contribution in [0.3, 0.4) is 0 Å². The Labute approximate surface area is 176 Å². The minimum atomic E-state index is -0.758. The highest BCUT2D eigenvalue weighted by Crippen LogP contribution is 2.30. The molecule has 2 heterocycles. The fourth-order valence-electron chi connectivity index (χ4n) is 3.76. The highest BCUT2D eigenvalue weighted by molar-refractivity contribution is 6.40. The van der Waals surface area contributed by atoms with E-state index in [2.05, 4.69) is 20.4 Å². The van der Waals surface area contributed by atoms with Gasteiger partial charge in [0.25, 0.3) is 0 Å². The van der Waals surface area contributed by atoms with Crippen LogP contribution in [-0.2, 0) is 19.1 Å². The maximum atomic E-state index is 12.5. The van der Waals surface area contributed by atoms with Gasteiger partial charge in [0, 0.05) is 38.8 Å². The van der Waals surface area contributed by atoms with Crippen molar-refractivity contribution in [3.8, 4) is 0 Å². The van der Waals surface area contributed by atoms with Crippen LogP contribution in [0.4, 0.5) is 11.4 Å². The quantitative estimate of drug-likeness (QED) is 0.522. The zero-order chi connectivity index (χ0) is 21.5. The number of carbonyl (C=O) groups is 3. The van der Waals surface area contributed by atoms with Crippen molar-refractivity contribution in [2.45, 2.75) is 25.8 Å². The average molecular weight is 418 g/mol. The number of methoxy groups -OCH3 is 1. The molecule has 9 heteroatoms. The van der Waals surface area contributed by atoms with Crippen LogP contribution in [0.2, 0.25) is 0 Å². The molecule has 0 aliphatic carbocycles. The number of rotatable bonds is 6. The van der Waals surface area contributed by atoms with Crippen LogP contribution < -0.4 is 15.5 Å². The molecule has 2 saturated heterocycles. The van der Waals surface area contributed by atoms with Crippen molar-refractivity contribution < 1.29 is 23.9 Å². The first-order valence-corrected chi connectivity index (χ1v) is 10.4. The summed E-state index contributed by atoms with van der Waals surface area (Å²) in [7, 11) is 1.30. The normalized spacial score (nSPS) is 18.0. The molecular weight excluding hydrogens is 388 g/mol. The van der Waals surface area contributed by atoms with E-state index in [9.17, 15) is 14.4 Å². The minimum Gasteiger partial charge on any atom is -0.465 e. The van der Waals surface area contributed by atoms with Crippen molar-refractivity contribution in [3.05, 3.63) is 23.8 Å². The number of nitrogens with zero attached hydrogens (tertiary/aromatic N) is 2. The predicted octanol–water partition coefficient (Wildman–Crippen LogP) is 0.849. The minimum absolute atomic E-state index is 0.105. The van der Waals surface area contributed by atoms with E-state index in [1.54, 1.807) is 18.2 Å². The van der Waals surface area contributed by atoms with Crippen molar-refractivity contribution in [2.75, 3.05) is 63.3 Å². The van der Waals surface area contributed by atoms with Crippen molar-refractivity contribution in [3.63, 3.8) is 0 Å². The summed E-state index contributed by atoms with van der Waals surface area (Å²) < 4.78 is 10.1. The molecule has 2 amide bonds. The van der Waals surface area contributed by atoms with E-state index in [1.807, 2.05) is 6.92 Å². The van der Waals surface area contributed by atoms with Gasteiger partial charge in [0.15, 0.2) is 0 Å². The van der Waals surface area contributed by atoms with Gasteiger partial charge in [0.1, 0.15) is 0 Å². The summed E-state index contributed by atoms with van der Waals surface area (Å²) in [5, 5.41) is 5.37. The third-order valence-electron chi connectivity index (χ3n) is 5.55. The average Bonchev–Trinajstić information content (AvgIpc) is 3.31. The van der Waals surface area contributed by atoms with E-state index in [-0.39, 0.29) is 6.04 Å². The smallest absolute Gasteiger partial charge is 0.337 e. The summed E-state index contributed by atoms with van der Waals surface area (Å²) in [6, 6.07) is 5.11. The van der Waals surface area contributed by atoms with Crippen LogP contribution in [0, 0.1) is 0 Å². The molecule has 2 fully saturated rings. The van der Waals surface area contributed by atoms with Crippen LogP contribution in [0.1, 0.15) is 30.1 Å². The molecule has 3 rings (SSSR count).